The maximum absolute atomic E-state index is 13.2. The molecule has 8 nitrogen and oxygen atoms in total. The van der Waals surface area contributed by atoms with E-state index in [4.69, 9.17) is 4.74 Å². The molecule has 2 aromatic rings. The number of amides is 1. The van der Waals surface area contributed by atoms with Crippen LogP contribution in [0.5, 0.6) is 0 Å². The van der Waals surface area contributed by atoms with E-state index >= 15 is 0 Å². The second kappa shape index (κ2) is 8.62. The molecule has 158 valence electrons. The molecule has 0 spiro atoms. The Bertz CT molecular complexity index is 978. The van der Waals surface area contributed by atoms with Crippen LogP contribution in [0.25, 0.3) is 0 Å². The summed E-state index contributed by atoms with van der Waals surface area (Å²) in [7, 11) is 3.39. The molecule has 1 aliphatic heterocycles. The van der Waals surface area contributed by atoms with Crippen LogP contribution in [0.1, 0.15) is 40.1 Å². The summed E-state index contributed by atoms with van der Waals surface area (Å²) in [5, 5.41) is 11.5. The topological polar surface area (TPSA) is 93.0 Å². The second-order valence-electron chi connectivity index (χ2n) is 7.70. The van der Waals surface area contributed by atoms with Crippen molar-refractivity contribution in [1.82, 2.24) is 4.90 Å². The van der Waals surface area contributed by atoms with Crippen LogP contribution in [0, 0.1) is 10.1 Å². The summed E-state index contributed by atoms with van der Waals surface area (Å²) in [6, 6.07) is 10.9. The first kappa shape index (κ1) is 21.4. The predicted octanol–water partition coefficient (Wildman–Crippen LogP) is 3.14. The molecule has 0 N–H and O–H groups in total. The average molecular weight is 411 g/mol. The Balaban J connectivity index is 1.98. The van der Waals surface area contributed by atoms with E-state index in [0.29, 0.717) is 18.8 Å². The quantitative estimate of drug-likeness (QED) is 0.426. The monoisotopic (exact) mass is 411 g/mol. The van der Waals surface area contributed by atoms with Crippen molar-refractivity contribution in [2.24, 2.45) is 0 Å². The molecule has 2 atom stereocenters. The van der Waals surface area contributed by atoms with Crippen LogP contribution in [0.2, 0.25) is 0 Å². The molecule has 0 unspecified atom stereocenters. The van der Waals surface area contributed by atoms with Gasteiger partial charge in [-0.15, -0.1) is 0 Å². The Morgan fingerprint density at radius 2 is 1.67 bits per heavy atom. The summed E-state index contributed by atoms with van der Waals surface area (Å²) in [5.41, 5.74) is 0.906. The molecule has 30 heavy (non-hydrogen) atoms. The van der Waals surface area contributed by atoms with E-state index in [1.165, 1.54) is 6.07 Å². The Kier molecular flexibility index (Phi) is 6.17. The van der Waals surface area contributed by atoms with Gasteiger partial charge in [0.25, 0.3) is 11.6 Å². The summed E-state index contributed by atoms with van der Waals surface area (Å²) in [4.78, 5) is 40.6. The number of carbonyl (C=O) groups is 2. The van der Waals surface area contributed by atoms with Gasteiger partial charge in [-0.05, 0) is 32.0 Å². The van der Waals surface area contributed by atoms with Gasteiger partial charge in [-0.25, -0.2) is 0 Å². The smallest absolute Gasteiger partial charge is 0.293 e. The lowest BCUT2D eigenvalue weighted by molar-refractivity contribution is -0.384. The molecule has 3 rings (SSSR count). The molecule has 1 aliphatic rings. The molecule has 1 saturated heterocycles. The third kappa shape index (κ3) is 4.33. The highest BCUT2D eigenvalue weighted by atomic mass is 16.6. The van der Waals surface area contributed by atoms with Crippen molar-refractivity contribution in [2.45, 2.75) is 26.1 Å². The average Bonchev–Trinajstić information content (AvgIpc) is 2.71. The highest BCUT2D eigenvalue weighted by Crippen LogP contribution is 2.29. The Morgan fingerprint density at radius 1 is 1.07 bits per heavy atom. The van der Waals surface area contributed by atoms with E-state index in [0.717, 1.165) is 0 Å². The number of nitro groups is 1. The van der Waals surface area contributed by atoms with Gasteiger partial charge in [-0.3, -0.25) is 19.7 Å². The summed E-state index contributed by atoms with van der Waals surface area (Å²) in [6.07, 6.45) is -0.191. The summed E-state index contributed by atoms with van der Waals surface area (Å²) in [6.45, 7) is 4.68. The number of hydrogen-bond donors (Lipinski definition) is 0. The molecule has 0 radical (unpaired) electrons. The lowest BCUT2D eigenvalue weighted by atomic mass is 9.96. The molecule has 8 heteroatoms. The Morgan fingerprint density at radius 3 is 2.23 bits per heavy atom. The molecule has 0 saturated carbocycles. The number of rotatable bonds is 5. The van der Waals surface area contributed by atoms with E-state index in [1.807, 2.05) is 13.8 Å². The minimum Gasteiger partial charge on any atom is -0.372 e. The fourth-order valence-electron chi connectivity index (χ4n) is 3.73. The van der Waals surface area contributed by atoms with Crippen LogP contribution in [-0.4, -0.2) is 60.9 Å². The van der Waals surface area contributed by atoms with Gasteiger partial charge >= 0.3 is 0 Å². The minimum absolute atomic E-state index is 0.0956. The van der Waals surface area contributed by atoms with E-state index in [-0.39, 0.29) is 40.5 Å². The predicted molar refractivity (Wildman–Crippen MR) is 113 cm³/mol. The van der Waals surface area contributed by atoms with Crippen LogP contribution >= 0.6 is 0 Å². The third-order valence-corrected chi connectivity index (χ3v) is 5.03. The van der Waals surface area contributed by atoms with E-state index in [2.05, 4.69) is 0 Å². The number of anilines is 1. The molecule has 1 fully saturated rings. The standard InChI is InChI=1S/C22H25N3O5/c1-14-12-24(13-15(2)30-14)22(27)18-8-6-5-7-17(18)21(26)16-9-10-19(23(3)4)20(11-16)25(28)29/h5-11,14-15H,12-13H2,1-4H3/t14-,15+. The number of nitro benzene ring substituents is 1. The van der Waals surface area contributed by atoms with Gasteiger partial charge in [0, 0.05) is 44.4 Å². The Labute approximate surface area is 175 Å². The SMILES string of the molecule is C[C@@H]1CN(C(=O)c2ccccc2C(=O)c2ccc(N(C)C)c([N+](=O)[O-])c2)C[C@H](C)O1. The maximum atomic E-state index is 13.2. The molecule has 0 aromatic heterocycles. The number of ketones is 1. The van der Waals surface area contributed by atoms with Gasteiger partial charge in [0.2, 0.25) is 0 Å². The van der Waals surface area contributed by atoms with Gasteiger partial charge in [0.15, 0.2) is 5.78 Å². The molecular weight excluding hydrogens is 386 g/mol. The highest BCUT2D eigenvalue weighted by molar-refractivity contribution is 6.15. The van der Waals surface area contributed by atoms with Gasteiger partial charge in [-0.2, -0.15) is 0 Å². The lowest BCUT2D eigenvalue weighted by Crippen LogP contribution is -2.48. The zero-order valence-corrected chi connectivity index (χ0v) is 17.5. The van der Waals surface area contributed by atoms with Crippen LogP contribution in [0.3, 0.4) is 0 Å². The Hall–Kier alpha value is -3.26. The zero-order chi connectivity index (χ0) is 22.0. The van der Waals surface area contributed by atoms with Crippen LogP contribution in [0.4, 0.5) is 11.4 Å². The second-order valence-corrected chi connectivity index (χ2v) is 7.70. The fraction of sp³-hybridized carbons (Fsp3) is 0.364. The van der Waals surface area contributed by atoms with E-state index in [9.17, 15) is 19.7 Å². The van der Waals surface area contributed by atoms with E-state index < -0.39 is 10.7 Å². The molecule has 1 amide bonds. The largest absolute Gasteiger partial charge is 0.372 e. The normalized spacial score (nSPS) is 18.7. The summed E-state index contributed by atoms with van der Waals surface area (Å²) < 4.78 is 5.69. The third-order valence-electron chi connectivity index (χ3n) is 5.03. The van der Waals surface area contributed by atoms with Crippen molar-refractivity contribution in [1.29, 1.82) is 0 Å². The first-order valence-corrected chi connectivity index (χ1v) is 9.73. The summed E-state index contributed by atoms with van der Waals surface area (Å²) in [5.74, 6) is -0.679. The number of morpholine rings is 1. The van der Waals surface area contributed by atoms with Crippen molar-refractivity contribution in [3.63, 3.8) is 0 Å². The zero-order valence-electron chi connectivity index (χ0n) is 17.5. The maximum Gasteiger partial charge on any atom is 0.293 e. The van der Waals surface area contributed by atoms with Gasteiger partial charge in [0.05, 0.1) is 22.7 Å². The first-order valence-electron chi connectivity index (χ1n) is 9.73. The lowest BCUT2D eigenvalue weighted by Gasteiger charge is -2.35. The highest BCUT2D eigenvalue weighted by Gasteiger charge is 2.29. The summed E-state index contributed by atoms with van der Waals surface area (Å²) >= 11 is 0. The number of hydrogen-bond acceptors (Lipinski definition) is 6. The number of ether oxygens (including phenoxy) is 1. The first-order chi connectivity index (χ1) is 14.2. The van der Waals surface area contributed by atoms with E-state index in [1.54, 1.807) is 60.3 Å². The molecule has 2 aromatic carbocycles. The van der Waals surface area contributed by atoms with Crippen molar-refractivity contribution >= 4 is 23.1 Å². The van der Waals surface area contributed by atoms with Crippen molar-refractivity contribution < 1.29 is 19.2 Å². The van der Waals surface area contributed by atoms with Gasteiger partial charge < -0.3 is 14.5 Å². The van der Waals surface area contributed by atoms with Crippen LogP contribution < -0.4 is 4.90 Å². The minimum atomic E-state index is -0.514. The van der Waals surface area contributed by atoms with Crippen LogP contribution in [-0.2, 0) is 4.74 Å². The van der Waals surface area contributed by atoms with Crippen molar-refractivity contribution in [2.75, 3.05) is 32.1 Å². The van der Waals surface area contributed by atoms with Gasteiger partial charge in [0.1, 0.15) is 5.69 Å². The molecule has 0 bridgehead atoms. The van der Waals surface area contributed by atoms with Gasteiger partial charge in [-0.1, -0.05) is 18.2 Å². The number of nitrogens with zero attached hydrogens (tertiary/aromatic N) is 3. The number of carbonyl (C=O) groups excluding carboxylic acids is 2. The van der Waals surface area contributed by atoms with Crippen LogP contribution in [0.15, 0.2) is 42.5 Å². The molecule has 1 heterocycles. The van der Waals surface area contributed by atoms with Crippen molar-refractivity contribution in [3.8, 4) is 0 Å². The molecular formula is C22H25N3O5. The fourth-order valence-corrected chi connectivity index (χ4v) is 3.73. The van der Waals surface area contributed by atoms with Crippen molar-refractivity contribution in [3.05, 3.63) is 69.3 Å². The molecule has 0 aliphatic carbocycles. The number of benzene rings is 2.